The van der Waals surface area contributed by atoms with Crippen molar-refractivity contribution in [2.45, 2.75) is 13.0 Å². The Morgan fingerprint density at radius 1 is 1.39 bits per heavy atom. The first-order valence-electron chi connectivity index (χ1n) is 5.64. The maximum Gasteiger partial charge on any atom is 0.225 e. The summed E-state index contributed by atoms with van der Waals surface area (Å²) in [5, 5.41) is 11.9. The molecule has 0 aliphatic carbocycles. The maximum atomic E-state index is 11.4. The third-order valence-corrected chi connectivity index (χ3v) is 2.26. The minimum Gasteiger partial charge on any atom is -0.392 e. The Morgan fingerprint density at radius 3 is 2.78 bits per heavy atom. The molecule has 0 spiro atoms. The number of aliphatic hydroxyl groups is 1. The number of carbonyl (C=O) groups excluding carboxylic acids is 1. The number of carbonyl (C=O) groups is 1. The van der Waals surface area contributed by atoms with Gasteiger partial charge in [-0.25, -0.2) is 0 Å². The van der Waals surface area contributed by atoms with E-state index in [-0.39, 0.29) is 25.5 Å². The summed E-state index contributed by atoms with van der Waals surface area (Å²) in [5.74, 6) is 5.43. The summed E-state index contributed by atoms with van der Waals surface area (Å²) < 4.78 is 0. The number of hydrogen-bond donors (Lipinski definition) is 4. The summed E-state index contributed by atoms with van der Waals surface area (Å²) in [6, 6.07) is 5.16. The number of nitrogens with two attached hydrogens (primary N) is 2. The summed E-state index contributed by atoms with van der Waals surface area (Å²) in [7, 11) is 0. The molecule has 0 aliphatic heterocycles. The lowest BCUT2D eigenvalue weighted by Gasteiger charge is -2.07. The first-order chi connectivity index (χ1) is 8.71. The lowest BCUT2D eigenvalue weighted by molar-refractivity contribution is -0.116. The fraction of sp³-hybridized carbons (Fsp3) is 0.308. The minimum atomic E-state index is -0.151. The van der Waals surface area contributed by atoms with Crippen LogP contribution in [0.1, 0.15) is 17.5 Å². The van der Waals surface area contributed by atoms with Crippen LogP contribution >= 0.6 is 0 Å². The van der Waals surface area contributed by atoms with E-state index < -0.39 is 0 Å². The van der Waals surface area contributed by atoms with Crippen molar-refractivity contribution in [3.8, 4) is 11.8 Å². The Labute approximate surface area is 106 Å². The number of amides is 1. The Morgan fingerprint density at radius 2 is 2.17 bits per heavy atom. The van der Waals surface area contributed by atoms with E-state index in [1.165, 1.54) is 0 Å². The fourth-order valence-corrected chi connectivity index (χ4v) is 1.43. The molecule has 6 N–H and O–H groups in total. The Balaban J connectivity index is 2.88. The lowest BCUT2D eigenvalue weighted by Crippen LogP contribution is -2.16. The summed E-state index contributed by atoms with van der Waals surface area (Å²) in [5.41, 5.74) is 12.6. The van der Waals surface area contributed by atoms with Crippen molar-refractivity contribution in [3.05, 3.63) is 29.3 Å². The van der Waals surface area contributed by atoms with Gasteiger partial charge >= 0.3 is 0 Å². The average molecular weight is 247 g/mol. The van der Waals surface area contributed by atoms with Crippen molar-refractivity contribution >= 4 is 11.6 Å². The molecule has 0 heterocycles. The first kappa shape index (κ1) is 14.2. The van der Waals surface area contributed by atoms with Gasteiger partial charge in [0.25, 0.3) is 0 Å². The highest BCUT2D eigenvalue weighted by molar-refractivity contribution is 5.91. The number of hydrogen-bond acceptors (Lipinski definition) is 4. The molecule has 1 aromatic rings. The fourth-order valence-electron chi connectivity index (χ4n) is 1.43. The zero-order valence-corrected chi connectivity index (χ0v) is 10.1. The molecule has 0 radical (unpaired) electrons. The van der Waals surface area contributed by atoms with Crippen molar-refractivity contribution in [1.82, 2.24) is 0 Å². The standard InChI is InChI=1S/C13H17N3O2/c14-6-1-2-10-3-4-12(8-11(10)9-17)16-13(18)5-7-15/h3-4,8,17H,5-7,9,14-15H2,(H,16,18). The quantitative estimate of drug-likeness (QED) is 0.552. The highest BCUT2D eigenvalue weighted by Gasteiger charge is 2.04. The topological polar surface area (TPSA) is 101 Å². The van der Waals surface area contributed by atoms with E-state index in [9.17, 15) is 9.90 Å². The van der Waals surface area contributed by atoms with Gasteiger partial charge in [0.05, 0.1) is 13.2 Å². The average Bonchev–Trinajstić information content (AvgIpc) is 2.37. The normalized spacial score (nSPS) is 9.50. The van der Waals surface area contributed by atoms with E-state index in [2.05, 4.69) is 17.2 Å². The third kappa shape index (κ3) is 4.18. The molecule has 96 valence electrons. The molecule has 1 aromatic carbocycles. The largest absolute Gasteiger partial charge is 0.392 e. The van der Waals surface area contributed by atoms with Gasteiger partial charge in [0.15, 0.2) is 0 Å². The zero-order valence-electron chi connectivity index (χ0n) is 10.1. The van der Waals surface area contributed by atoms with Gasteiger partial charge in [0.2, 0.25) is 5.91 Å². The van der Waals surface area contributed by atoms with Gasteiger partial charge in [-0.15, -0.1) is 0 Å². The molecule has 0 unspecified atom stereocenters. The second-order valence-electron chi connectivity index (χ2n) is 3.62. The Hall–Kier alpha value is -1.87. The third-order valence-electron chi connectivity index (χ3n) is 2.26. The summed E-state index contributed by atoms with van der Waals surface area (Å²) in [4.78, 5) is 11.4. The van der Waals surface area contributed by atoms with Crippen molar-refractivity contribution < 1.29 is 9.90 Å². The lowest BCUT2D eigenvalue weighted by atomic mass is 10.1. The van der Waals surface area contributed by atoms with Crippen LogP contribution in [0.25, 0.3) is 0 Å². The summed E-state index contributed by atoms with van der Waals surface area (Å²) >= 11 is 0. The molecule has 0 atom stereocenters. The van der Waals surface area contributed by atoms with Crippen LogP contribution in [0.5, 0.6) is 0 Å². The number of aliphatic hydroxyl groups excluding tert-OH is 1. The second kappa shape index (κ2) is 7.45. The van der Waals surface area contributed by atoms with E-state index in [0.29, 0.717) is 23.4 Å². The van der Waals surface area contributed by atoms with Crippen LogP contribution in [-0.2, 0) is 11.4 Å². The van der Waals surface area contributed by atoms with Crippen LogP contribution in [0.4, 0.5) is 5.69 Å². The minimum absolute atomic E-state index is 0.144. The van der Waals surface area contributed by atoms with Crippen molar-refractivity contribution in [2.24, 2.45) is 11.5 Å². The zero-order chi connectivity index (χ0) is 13.4. The Kier molecular flexibility index (Phi) is 5.88. The molecule has 0 aromatic heterocycles. The van der Waals surface area contributed by atoms with Crippen LogP contribution in [0.2, 0.25) is 0 Å². The predicted octanol–water partition coefficient (Wildman–Crippen LogP) is -0.224. The summed E-state index contributed by atoms with van der Waals surface area (Å²) in [6.45, 7) is 0.424. The van der Waals surface area contributed by atoms with Gasteiger partial charge in [0, 0.05) is 24.2 Å². The molecule has 1 rings (SSSR count). The number of anilines is 1. The molecule has 0 fully saturated rings. The van der Waals surface area contributed by atoms with E-state index in [0.717, 1.165) is 0 Å². The van der Waals surface area contributed by atoms with E-state index in [1.54, 1.807) is 18.2 Å². The number of benzene rings is 1. The van der Waals surface area contributed by atoms with Gasteiger partial charge in [-0.2, -0.15) is 0 Å². The highest BCUT2D eigenvalue weighted by Crippen LogP contribution is 2.15. The van der Waals surface area contributed by atoms with Crippen LogP contribution in [0, 0.1) is 11.8 Å². The van der Waals surface area contributed by atoms with Crippen LogP contribution < -0.4 is 16.8 Å². The van der Waals surface area contributed by atoms with Gasteiger partial charge in [-0.1, -0.05) is 11.8 Å². The van der Waals surface area contributed by atoms with Crippen molar-refractivity contribution in [1.29, 1.82) is 0 Å². The van der Waals surface area contributed by atoms with Crippen molar-refractivity contribution in [2.75, 3.05) is 18.4 Å². The number of nitrogens with one attached hydrogen (secondary N) is 1. The number of rotatable bonds is 4. The molecule has 18 heavy (non-hydrogen) atoms. The first-order valence-corrected chi connectivity index (χ1v) is 5.64. The molecular weight excluding hydrogens is 230 g/mol. The SMILES string of the molecule is NCC#Cc1ccc(NC(=O)CCN)cc1CO. The van der Waals surface area contributed by atoms with E-state index in [1.807, 2.05) is 0 Å². The van der Waals surface area contributed by atoms with Crippen LogP contribution in [-0.4, -0.2) is 24.1 Å². The second-order valence-corrected chi connectivity index (χ2v) is 3.62. The molecule has 0 saturated heterocycles. The maximum absolute atomic E-state index is 11.4. The summed E-state index contributed by atoms with van der Waals surface area (Å²) in [6.07, 6.45) is 0.267. The van der Waals surface area contributed by atoms with Gasteiger partial charge in [-0.3, -0.25) is 4.79 Å². The van der Waals surface area contributed by atoms with E-state index in [4.69, 9.17) is 11.5 Å². The van der Waals surface area contributed by atoms with Gasteiger partial charge in [0.1, 0.15) is 0 Å². The molecule has 5 heteroatoms. The molecule has 1 amide bonds. The van der Waals surface area contributed by atoms with Gasteiger partial charge < -0.3 is 21.9 Å². The van der Waals surface area contributed by atoms with E-state index >= 15 is 0 Å². The Bertz CT molecular complexity index is 475. The smallest absolute Gasteiger partial charge is 0.225 e. The predicted molar refractivity (Wildman–Crippen MR) is 70.6 cm³/mol. The molecule has 0 bridgehead atoms. The highest BCUT2D eigenvalue weighted by atomic mass is 16.3. The monoisotopic (exact) mass is 247 g/mol. The molecular formula is C13H17N3O2. The van der Waals surface area contributed by atoms with Crippen molar-refractivity contribution in [3.63, 3.8) is 0 Å². The molecule has 0 aliphatic rings. The van der Waals surface area contributed by atoms with Crippen LogP contribution in [0.3, 0.4) is 0 Å². The molecule has 5 nitrogen and oxygen atoms in total. The van der Waals surface area contributed by atoms with Gasteiger partial charge in [-0.05, 0) is 23.8 Å². The molecule has 0 saturated carbocycles. The van der Waals surface area contributed by atoms with Crippen LogP contribution in [0.15, 0.2) is 18.2 Å².